The molecule has 0 bridgehead atoms. The Hall–Kier alpha value is -0.970. The zero-order valence-electron chi connectivity index (χ0n) is 12.1. The first-order chi connectivity index (χ1) is 9.63. The fourth-order valence-corrected chi connectivity index (χ4v) is 3.36. The van der Waals surface area contributed by atoms with Crippen molar-refractivity contribution in [3.63, 3.8) is 0 Å². The molecule has 0 aliphatic heterocycles. The lowest BCUT2D eigenvalue weighted by Crippen LogP contribution is -2.21. The highest BCUT2D eigenvalue weighted by Crippen LogP contribution is 2.30. The third-order valence-corrected chi connectivity index (χ3v) is 4.38. The molecule has 0 saturated heterocycles. The topological polar surface area (TPSA) is 37.8 Å². The van der Waals surface area contributed by atoms with Gasteiger partial charge in [0.2, 0.25) is 0 Å². The second kappa shape index (κ2) is 7.16. The molecule has 5 heteroatoms. The van der Waals surface area contributed by atoms with Gasteiger partial charge in [-0.05, 0) is 50.1 Å². The van der Waals surface area contributed by atoms with Crippen LogP contribution in [0.1, 0.15) is 43.3 Å². The van der Waals surface area contributed by atoms with Crippen molar-refractivity contribution < 1.29 is 0 Å². The van der Waals surface area contributed by atoms with Gasteiger partial charge in [0.1, 0.15) is 10.0 Å². The molecule has 0 amide bonds. The van der Waals surface area contributed by atoms with Crippen LogP contribution in [0.2, 0.25) is 5.02 Å². The molecule has 1 aromatic heterocycles. The summed E-state index contributed by atoms with van der Waals surface area (Å²) in [5.74, 6) is 0. The third kappa shape index (κ3) is 3.78. The van der Waals surface area contributed by atoms with Gasteiger partial charge < -0.3 is 5.32 Å². The fraction of sp³-hybridized carbons (Fsp3) is 0.467. The minimum atomic E-state index is 0.293. The molecule has 20 heavy (non-hydrogen) atoms. The van der Waals surface area contributed by atoms with Crippen LogP contribution in [0.5, 0.6) is 0 Å². The zero-order valence-corrected chi connectivity index (χ0v) is 13.7. The van der Waals surface area contributed by atoms with E-state index in [1.54, 1.807) is 11.3 Å². The molecule has 0 radical (unpaired) electrons. The van der Waals surface area contributed by atoms with Crippen LogP contribution in [0.4, 0.5) is 0 Å². The highest BCUT2D eigenvalue weighted by atomic mass is 35.5. The van der Waals surface area contributed by atoms with Gasteiger partial charge in [-0.25, -0.2) is 0 Å². The smallest absolute Gasteiger partial charge is 0.147 e. The SMILES string of the molecule is CCCNC(CC)c1nnc(-c2cc(C)cc(Cl)c2)s1. The summed E-state index contributed by atoms with van der Waals surface area (Å²) >= 11 is 7.75. The molecule has 0 fully saturated rings. The van der Waals surface area contributed by atoms with Crippen LogP contribution >= 0.6 is 22.9 Å². The lowest BCUT2D eigenvalue weighted by molar-refractivity contribution is 0.513. The van der Waals surface area contributed by atoms with Crippen LogP contribution in [0.3, 0.4) is 0 Å². The fourth-order valence-electron chi connectivity index (χ4n) is 2.08. The van der Waals surface area contributed by atoms with Crippen LogP contribution < -0.4 is 5.32 Å². The molecule has 1 unspecified atom stereocenters. The molecular weight excluding hydrogens is 290 g/mol. The lowest BCUT2D eigenvalue weighted by Gasteiger charge is -2.12. The van der Waals surface area contributed by atoms with Gasteiger partial charge in [-0.2, -0.15) is 0 Å². The van der Waals surface area contributed by atoms with Gasteiger partial charge in [0.05, 0.1) is 6.04 Å². The van der Waals surface area contributed by atoms with Crippen molar-refractivity contribution in [2.45, 2.75) is 39.7 Å². The van der Waals surface area contributed by atoms with Crippen molar-refractivity contribution in [3.05, 3.63) is 33.8 Å². The number of halogens is 1. The number of nitrogens with one attached hydrogen (secondary N) is 1. The second-order valence-electron chi connectivity index (χ2n) is 4.88. The molecule has 1 N–H and O–H groups in total. The molecule has 2 rings (SSSR count). The van der Waals surface area contributed by atoms with Gasteiger partial charge in [-0.1, -0.05) is 36.8 Å². The molecule has 1 atom stereocenters. The van der Waals surface area contributed by atoms with E-state index in [0.717, 1.165) is 45.6 Å². The minimum Gasteiger partial charge on any atom is -0.308 e. The van der Waals surface area contributed by atoms with Gasteiger partial charge in [0.25, 0.3) is 0 Å². The summed E-state index contributed by atoms with van der Waals surface area (Å²) in [4.78, 5) is 0. The maximum Gasteiger partial charge on any atom is 0.147 e. The van der Waals surface area contributed by atoms with Crippen molar-refractivity contribution in [1.29, 1.82) is 0 Å². The molecule has 0 saturated carbocycles. The minimum absolute atomic E-state index is 0.293. The Labute approximate surface area is 129 Å². The summed E-state index contributed by atoms with van der Waals surface area (Å²) in [5, 5.41) is 14.9. The molecule has 0 spiro atoms. The summed E-state index contributed by atoms with van der Waals surface area (Å²) in [6.45, 7) is 7.37. The van der Waals surface area contributed by atoms with Gasteiger partial charge in [0, 0.05) is 10.6 Å². The van der Waals surface area contributed by atoms with E-state index in [4.69, 9.17) is 11.6 Å². The van der Waals surface area contributed by atoms with E-state index >= 15 is 0 Å². The maximum atomic E-state index is 6.11. The monoisotopic (exact) mass is 309 g/mol. The van der Waals surface area contributed by atoms with Gasteiger partial charge in [-0.3, -0.25) is 0 Å². The number of hydrogen-bond acceptors (Lipinski definition) is 4. The number of hydrogen-bond donors (Lipinski definition) is 1. The highest BCUT2D eigenvalue weighted by molar-refractivity contribution is 7.14. The average molecular weight is 310 g/mol. The number of aryl methyl sites for hydroxylation is 1. The van der Waals surface area contributed by atoms with Crippen molar-refractivity contribution in [2.75, 3.05) is 6.54 Å². The first-order valence-electron chi connectivity index (χ1n) is 6.98. The average Bonchev–Trinajstić information content (AvgIpc) is 2.88. The summed E-state index contributed by atoms with van der Waals surface area (Å²) in [5.41, 5.74) is 2.18. The summed E-state index contributed by atoms with van der Waals surface area (Å²) in [6.07, 6.45) is 2.14. The van der Waals surface area contributed by atoms with Gasteiger partial charge in [0.15, 0.2) is 0 Å². The van der Waals surface area contributed by atoms with Crippen molar-refractivity contribution in [3.8, 4) is 10.6 Å². The highest BCUT2D eigenvalue weighted by Gasteiger charge is 2.15. The maximum absolute atomic E-state index is 6.11. The quantitative estimate of drug-likeness (QED) is 0.846. The molecule has 3 nitrogen and oxygen atoms in total. The first kappa shape index (κ1) is 15.4. The molecule has 0 aliphatic rings. The van der Waals surface area contributed by atoms with E-state index in [9.17, 15) is 0 Å². The lowest BCUT2D eigenvalue weighted by atomic mass is 10.1. The zero-order chi connectivity index (χ0) is 14.5. The van der Waals surface area contributed by atoms with Gasteiger partial charge in [-0.15, -0.1) is 10.2 Å². The van der Waals surface area contributed by atoms with E-state index in [1.165, 1.54) is 0 Å². The summed E-state index contributed by atoms with van der Waals surface area (Å²) in [6, 6.07) is 6.28. The number of nitrogens with zero attached hydrogens (tertiary/aromatic N) is 2. The Morgan fingerprint density at radius 3 is 2.70 bits per heavy atom. The predicted molar refractivity (Wildman–Crippen MR) is 86.4 cm³/mol. The molecule has 2 aromatic rings. The molecule has 0 aliphatic carbocycles. The molecular formula is C15H20ClN3S. The van der Waals surface area contributed by atoms with E-state index in [-0.39, 0.29) is 0 Å². The Balaban J connectivity index is 2.23. The number of rotatable bonds is 6. The Bertz CT molecular complexity index is 548. The molecule has 1 heterocycles. The van der Waals surface area contributed by atoms with E-state index in [1.807, 2.05) is 19.1 Å². The summed E-state index contributed by atoms with van der Waals surface area (Å²) < 4.78 is 0. The summed E-state index contributed by atoms with van der Waals surface area (Å²) in [7, 11) is 0. The van der Waals surface area contributed by atoms with Crippen LogP contribution in [-0.2, 0) is 0 Å². The van der Waals surface area contributed by atoms with Crippen molar-refractivity contribution in [2.24, 2.45) is 0 Å². The van der Waals surface area contributed by atoms with E-state index in [2.05, 4.69) is 35.4 Å². The molecule has 1 aromatic carbocycles. The van der Waals surface area contributed by atoms with Crippen LogP contribution in [0.15, 0.2) is 18.2 Å². The normalized spacial score (nSPS) is 12.6. The number of aromatic nitrogens is 2. The van der Waals surface area contributed by atoms with Crippen LogP contribution in [0.25, 0.3) is 10.6 Å². The standard InChI is InChI=1S/C15H20ClN3S/c1-4-6-17-13(5-2)15-19-18-14(20-15)11-7-10(3)8-12(16)9-11/h7-9,13,17H,4-6H2,1-3H3. The first-order valence-corrected chi connectivity index (χ1v) is 8.17. The van der Waals surface area contributed by atoms with Crippen molar-refractivity contribution in [1.82, 2.24) is 15.5 Å². The predicted octanol–water partition coefficient (Wildman–Crippen LogP) is 4.62. The van der Waals surface area contributed by atoms with Crippen LogP contribution in [0, 0.1) is 6.92 Å². The van der Waals surface area contributed by atoms with Crippen molar-refractivity contribution >= 4 is 22.9 Å². The second-order valence-corrected chi connectivity index (χ2v) is 6.32. The van der Waals surface area contributed by atoms with Crippen LogP contribution in [-0.4, -0.2) is 16.7 Å². The van der Waals surface area contributed by atoms with E-state index in [0.29, 0.717) is 6.04 Å². The molecule has 108 valence electrons. The largest absolute Gasteiger partial charge is 0.308 e. The number of benzene rings is 1. The van der Waals surface area contributed by atoms with Gasteiger partial charge >= 0.3 is 0 Å². The Kier molecular flexibility index (Phi) is 5.52. The third-order valence-electron chi connectivity index (χ3n) is 3.08. The van der Waals surface area contributed by atoms with E-state index < -0.39 is 0 Å². The Morgan fingerprint density at radius 2 is 2.05 bits per heavy atom. The Morgan fingerprint density at radius 1 is 1.25 bits per heavy atom.